The molecule has 2 saturated heterocycles. The van der Waals surface area contributed by atoms with Gasteiger partial charge in [0, 0.05) is 25.2 Å². The summed E-state index contributed by atoms with van der Waals surface area (Å²) in [5, 5.41) is 13.1. The Morgan fingerprint density at radius 3 is 2.42 bits per heavy atom. The number of alkyl halides is 3. The molecule has 2 unspecified atom stereocenters. The van der Waals surface area contributed by atoms with Gasteiger partial charge in [0.25, 0.3) is 0 Å². The molecule has 1 amide bonds. The molecule has 0 radical (unpaired) electrons. The number of ether oxygens (including phenoxy) is 2. The number of carboxylic acid groups (broad SMARTS) is 1. The van der Waals surface area contributed by atoms with Crippen LogP contribution >= 0.6 is 0 Å². The predicted molar refractivity (Wildman–Crippen MR) is 110 cm³/mol. The summed E-state index contributed by atoms with van der Waals surface area (Å²) in [6.45, 7) is 6.09. The maximum Gasteiger partial charge on any atom is 0.490 e. The standard InChI is InChI=1S/C18H27FN4O3.C2HF3O2/c1-11-9-23(10-12(2)26-11)16-14(19)7-13(18(22-16)25-3)8-21-17(24)15-5-4-6-20-15;3-2(4,5)1(6)7/h7,11-12,15,20H,4-6,8-10H2,1-3H3,(H,21,24);(H,6,7)/t11?,12?,15-;/m0./s1. The Morgan fingerprint density at radius 1 is 1.33 bits per heavy atom. The van der Waals surface area contributed by atoms with Crippen LogP contribution in [0.3, 0.4) is 0 Å². The smallest absolute Gasteiger partial charge is 0.481 e. The summed E-state index contributed by atoms with van der Waals surface area (Å²) in [6, 6.07) is 1.23. The Balaban J connectivity index is 0.000000479. The summed E-state index contributed by atoms with van der Waals surface area (Å²) in [5.41, 5.74) is 0.523. The maximum absolute atomic E-state index is 14.7. The second kappa shape index (κ2) is 11.5. The van der Waals surface area contributed by atoms with Gasteiger partial charge in [0.2, 0.25) is 11.8 Å². The first kappa shape index (κ1) is 26.6. The molecule has 33 heavy (non-hydrogen) atoms. The summed E-state index contributed by atoms with van der Waals surface area (Å²) in [5.74, 6) is -2.67. The van der Waals surface area contributed by atoms with Crippen molar-refractivity contribution in [2.45, 2.75) is 57.7 Å². The number of pyridine rings is 1. The van der Waals surface area contributed by atoms with Crippen molar-refractivity contribution in [3.8, 4) is 5.88 Å². The quantitative estimate of drug-likeness (QED) is 0.548. The molecule has 2 aliphatic heterocycles. The number of anilines is 1. The third kappa shape index (κ3) is 7.70. The molecule has 0 aliphatic carbocycles. The van der Waals surface area contributed by atoms with Crippen molar-refractivity contribution in [3.63, 3.8) is 0 Å². The third-order valence-electron chi connectivity index (χ3n) is 4.98. The number of methoxy groups -OCH3 is 1. The van der Waals surface area contributed by atoms with Crippen LogP contribution < -0.4 is 20.3 Å². The van der Waals surface area contributed by atoms with E-state index in [0.29, 0.717) is 24.5 Å². The number of carbonyl (C=O) groups is 2. The Morgan fingerprint density at radius 2 is 1.94 bits per heavy atom. The van der Waals surface area contributed by atoms with E-state index in [-0.39, 0.29) is 36.5 Å². The molecule has 2 aliphatic rings. The minimum Gasteiger partial charge on any atom is -0.481 e. The van der Waals surface area contributed by atoms with Gasteiger partial charge in [-0.25, -0.2) is 9.18 Å². The number of carboxylic acids is 1. The zero-order valence-electron chi connectivity index (χ0n) is 18.5. The molecule has 1 aromatic rings. The van der Waals surface area contributed by atoms with Crippen LogP contribution in [0.4, 0.5) is 23.4 Å². The lowest BCUT2D eigenvalue weighted by Crippen LogP contribution is -2.46. The molecule has 3 rings (SSSR count). The molecular formula is C20H28F4N4O5. The van der Waals surface area contributed by atoms with E-state index >= 15 is 0 Å². The van der Waals surface area contributed by atoms with Crippen LogP contribution in [0.5, 0.6) is 5.88 Å². The van der Waals surface area contributed by atoms with E-state index in [2.05, 4.69) is 15.6 Å². The van der Waals surface area contributed by atoms with Crippen molar-refractivity contribution < 1.29 is 41.7 Å². The van der Waals surface area contributed by atoms with E-state index in [1.807, 2.05) is 18.7 Å². The van der Waals surface area contributed by atoms with Gasteiger partial charge in [0.15, 0.2) is 11.6 Å². The average Bonchev–Trinajstić information content (AvgIpc) is 3.26. The molecule has 0 aromatic carbocycles. The zero-order valence-corrected chi connectivity index (χ0v) is 18.5. The monoisotopic (exact) mass is 480 g/mol. The minimum atomic E-state index is -5.08. The van der Waals surface area contributed by atoms with Gasteiger partial charge in [-0.05, 0) is 39.3 Å². The molecular weight excluding hydrogens is 452 g/mol. The number of halogens is 4. The number of carbonyl (C=O) groups excluding carboxylic acids is 1. The lowest BCUT2D eigenvalue weighted by atomic mass is 10.2. The first-order chi connectivity index (χ1) is 15.4. The van der Waals surface area contributed by atoms with Crippen molar-refractivity contribution in [1.29, 1.82) is 0 Å². The molecule has 0 spiro atoms. The summed E-state index contributed by atoms with van der Waals surface area (Å²) < 4.78 is 57.5. The van der Waals surface area contributed by atoms with Crippen LogP contribution in [0, 0.1) is 5.82 Å². The third-order valence-corrected chi connectivity index (χ3v) is 4.98. The molecule has 1 aromatic heterocycles. The number of aromatic nitrogens is 1. The van der Waals surface area contributed by atoms with Crippen molar-refractivity contribution in [1.82, 2.24) is 15.6 Å². The molecule has 186 valence electrons. The molecule has 0 bridgehead atoms. The Labute approximate surface area is 188 Å². The van der Waals surface area contributed by atoms with Crippen molar-refractivity contribution >= 4 is 17.7 Å². The first-order valence-corrected chi connectivity index (χ1v) is 10.4. The van der Waals surface area contributed by atoms with Gasteiger partial charge in [-0.2, -0.15) is 18.2 Å². The van der Waals surface area contributed by atoms with Crippen LogP contribution in [0.15, 0.2) is 6.07 Å². The second-order valence-electron chi connectivity index (χ2n) is 7.79. The van der Waals surface area contributed by atoms with Crippen LogP contribution in [0.1, 0.15) is 32.3 Å². The van der Waals surface area contributed by atoms with Gasteiger partial charge in [-0.3, -0.25) is 4.79 Å². The highest BCUT2D eigenvalue weighted by atomic mass is 19.4. The SMILES string of the molecule is COc1nc(N2CC(C)OC(C)C2)c(F)cc1CNC(=O)[C@@H]1CCCN1.O=C(O)C(F)(F)F. The van der Waals surface area contributed by atoms with E-state index in [9.17, 15) is 22.4 Å². The number of morpholine rings is 1. The Kier molecular flexibility index (Phi) is 9.23. The molecule has 3 atom stereocenters. The highest BCUT2D eigenvalue weighted by molar-refractivity contribution is 5.82. The lowest BCUT2D eigenvalue weighted by Gasteiger charge is -2.36. The van der Waals surface area contributed by atoms with Gasteiger partial charge in [0.1, 0.15) is 0 Å². The minimum absolute atomic E-state index is 0.00354. The molecule has 3 N–H and O–H groups in total. The summed E-state index contributed by atoms with van der Waals surface area (Å²) in [7, 11) is 1.50. The second-order valence-corrected chi connectivity index (χ2v) is 7.79. The van der Waals surface area contributed by atoms with Gasteiger partial charge in [-0.15, -0.1) is 0 Å². The Hall–Kier alpha value is -2.67. The fraction of sp³-hybridized carbons (Fsp3) is 0.650. The highest BCUT2D eigenvalue weighted by Crippen LogP contribution is 2.27. The maximum atomic E-state index is 14.7. The van der Waals surface area contributed by atoms with Crippen LogP contribution in [-0.2, 0) is 20.9 Å². The number of amides is 1. The topological polar surface area (TPSA) is 113 Å². The van der Waals surface area contributed by atoms with Crippen molar-refractivity contribution in [3.05, 3.63) is 17.4 Å². The van der Waals surface area contributed by atoms with E-state index in [0.717, 1.165) is 19.4 Å². The zero-order chi connectivity index (χ0) is 24.8. The first-order valence-electron chi connectivity index (χ1n) is 10.4. The average molecular weight is 480 g/mol. The highest BCUT2D eigenvalue weighted by Gasteiger charge is 2.38. The number of hydrogen-bond donors (Lipinski definition) is 3. The molecule has 13 heteroatoms. The van der Waals surface area contributed by atoms with Gasteiger partial charge in [0.05, 0.1) is 25.4 Å². The van der Waals surface area contributed by atoms with Crippen molar-refractivity contribution in [2.75, 3.05) is 31.6 Å². The largest absolute Gasteiger partial charge is 0.490 e. The van der Waals surface area contributed by atoms with Gasteiger partial charge >= 0.3 is 12.1 Å². The normalized spacial score (nSPS) is 22.9. The Bertz CT molecular complexity index is 823. The van der Waals surface area contributed by atoms with Crippen LogP contribution in [-0.4, -0.2) is 73.1 Å². The number of rotatable bonds is 5. The van der Waals surface area contributed by atoms with Crippen LogP contribution in [0.2, 0.25) is 0 Å². The van der Waals surface area contributed by atoms with Crippen LogP contribution in [0.25, 0.3) is 0 Å². The molecule has 9 nitrogen and oxygen atoms in total. The molecule has 0 saturated carbocycles. The van der Waals surface area contributed by atoms with E-state index < -0.39 is 18.0 Å². The van der Waals surface area contributed by atoms with E-state index in [1.165, 1.54) is 13.2 Å². The number of nitrogens with one attached hydrogen (secondary N) is 2. The fourth-order valence-corrected chi connectivity index (χ4v) is 3.59. The summed E-state index contributed by atoms with van der Waals surface area (Å²) in [6.07, 6.45) is -3.27. The molecule has 3 heterocycles. The summed E-state index contributed by atoms with van der Waals surface area (Å²) >= 11 is 0. The number of aliphatic carboxylic acids is 1. The van der Waals surface area contributed by atoms with Gasteiger partial charge < -0.3 is 30.1 Å². The van der Waals surface area contributed by atoms with E-state index in [4.69, 9.17) is 19.4 Å². The van der Waals surface area contributed by atoms with E-state index in [1.54, 1.807) is 0 Å². The number of nitrogens with zero attached hydrogens (tertiary/aromatic N) is 2. The molecule has 2 fully saturated rings. The number of hydrogen-bond acceptors (Lipinski definition) is 7. The lowest BCUT2D eigenvalue weighted by molar-refractivity contribution is -0.192. The van der Waals surface area contributed by atoms with Gasteiger partial charge in [-0.1, -0.05) is 0 Å². The fourth-order valence-electron chi connectivity index (χ4n) is 3.59. The van der Waals surface area contributed by atoms with Crippen molar-refractivity contribution in [2.24, 2.45) is 0 Å². The predicted octanol–water partition coefficient (Wildman–Crippen LogP) is 1.84. The summed E-state index contributed by atoms with van der Waals surface area (Å²) in [4.78, 5) is 27.3.